The number of benzene rings is 1. The first kappa shape index (κ1) is 21.2. The molecule has 8 heteroatoms. The Kier molecular flexibility index (Phi) is 5.29. The van der Waals surface area contributed by atoms with Crippen LogP contribution in [0.15, 0.2) is 41.4 Å². The van der Waals surface area contributed by atoms with Gasteiger partial charge in [-0.05, 0) is 56.5 Å². The number of carbonyl (C=O) groups is 1. The minimum Gasteiger partial charge on any atom is -0.487 e. The average Bonchev–Trinajstić information content (AvgIpc) is 3.42. The SMILES string of the molecule is Cc1c(SN2CCn3nccc3C2)cc(C(=O)NCc2cccc3c2CC(C)(C)O3)n1C. The van der Waals surface area contributed by atoms with E-state index in [0.29, 0.717) is 12.2 Å². The first-order chi connectivity index (χ1) is 15.3. The van der Waals surface area contributed by atoms with E-state index < -0.39 is 0 Å². The minimum absolute atomic E-state index is 0.0602. The zero-order chi connectivity index (χ0) is 22.5. The van der Waals surface area contributed by atoms with Gasteiger partial charge in [-0.15, -0.1) is 0 Å². The second kappa shape index (κ2) is 8.01. The quantitative estimate of drug-likeness (QED) is 0.600. The van der Waals surface area contributed by atoms with Crippen LogP contribution in [0.3, 0.4) is 0 Å². The summed E-state index contributed by atoms with van der Waals surface area (Å²) >= 11 is 1.72. The summed E-state index contributed by atoms with van der Waals surface area (Å²) in [7, 11) is 1.95. The van der Waals surface area contributed by atoms with Crippen molar-refractivity contribution in [2.24, 2.45) is 7.05 Å². The Balaban J connectivity index is 1.27. The highest BCUT2D eigenvalue weighted by atomic mass is 32.2. The molecule has 2 aliphatic heterocycles. The molecule has 168 valence electrons. The van der Waals surface area contributed by atoms with Crippen molar-refractivity contribution in [1.29, 1.82) is 0 Å². The molecule has 0 unspecified atom stereocenters. The lowest BCUT2D eigenvalue weighted by Crippen LogP contribution is -2.28. The molecule has 5 rings (SSSR count). The molecule has 1 N–H and O–H groups in total. The number of ether oxygens (including phenoxy) is 1. The van der Waals surface area contributed by atoms with Crippen LogP contribution < -0.4 is 10.1 Å². The molecule has 2 aromatic heterocycles. The molecule has 3 aromatic rings. The Morgan fingerprint density at radius 3 is 2.97 bits per heavy atom. The summed E-state index contributed by atoms with van der Waals surface area (Å²) in [5.41, 5.74) is 5.10. The van der Waals surface area contributed by atoms with Gasteiger partial charge in [0.1, 0.15) is 17.0 Å². The summed E-state index contributed by atoms with van der Waals surface area (Å²) in [4.78, 5) is 14.2. The van der Waals surface area contributed by atoms with Gasteiger partial charge in [-0.2, -0.15) is 5.10 Å². The summed E-state index contributed by atoms with van der Waals surface area (Å²) in [6, 6.07) is 10.1. The van der Waals surface area contributed by atoms with Crippen LogP contribution in [0.2, 0.25) is 0 Å². The van der Waals surface area contributed by atoms with Crippen LogP contribution in [0.5, 0.6) is 5.75 Å². The van der Waals surface area contributed by atoms with E-state index in [4.69, 9.17) is 4.74 Å². The Morgan fingerprint density at radius 2 is 2.12 bits per heavy atom. The number of aromatic nitrogens is 3. The van der Waals surface area contributed by atoms with Crippen molar-refractivity contribution < 1.29 is 9.53 Å². The van der Waals surface area contributed by atoms with Gasteiger partial charge in [0.25, 0.3) is 5.91 Å². The van der Waals surface area contributed by atoms with Crippen molar-refractivity contribution in [3.8, 4) is 5.75 Å². The maximum absolute atomic E-state index is 13.1. The van der Waals surface area contributed by atoms with Crippen LogP contribution in [-0.2, 0) is 33.1 Å². The predicted octanol–water partition coefficient (Wildman–Crippen LogP) is 3.70. The monoisotopic (exact) mass is 451 g/mol. The molecule has 7 nitrogen and oxygen atoms in total. The van der Waals surface area contributed by atoms with Gasteiger partial charge in [-0.1, -0.05) is 12.1 Å². The second-order valence-electron chi connectivity index (χ2n) is 9.15. The van der Waals surface area contributed by atoms with Gasteiger partial charge in [0.05, 0.1) is 18.8 Å². The van der Waals surface area contributed by atoms with Crippen LogP contribution in [0.25, 0.3) is 0 Å². The van der Waals surface area contributed by atoms with Crippen molar-refractivity contribution >= 4 is 17.9 Å². The van der Waals surface area contributed by atoms with E-state index in [1.54, 1.807) is 11.9 Å². The number of nitrogens with zero attached hydrogens (tertiary/aromatic N) is 4. The van der Waals surface area contributed by atoms with E-state index in [1.165, 1.54) is 11.3 Å². The number of carbonyl (C=O) groups excluding carboxylic acids is 1. The van der Waals surface area contributed by atoms with Gasteiger partial charge in [0.2, 0.25) is 0 Å². The highest BCUT2D eigenvalue weighted by molar-refractivity contribution is 7.97. The third-order valence-electron chi connectivity index (χ3n) is 6.31. The fraction of sp³-hybridized carbons (Fsp3) is 0.417. The minimum atomic E-state index is -0.198. The Labute approximate surface area is 192 Å². The molecule has 1 aromatic carbocycles. The van der Waals surface area contributed by atoms with Gasteiger partial charge < -0.3 is 14.6 Å². The van der Waals surface area contributed by atoms with Crippen LogP contribution in [0.1, 0.15) is 46.9 Å². The maximum atomic E-state index is 13.1. The van der Waals surface area contributed by atoms with Crippen molar-refractivity contribution in [3.63, 3.8) is 0 Å². The van der Waals surface area contributed by atoms with Gasteiger partial charge in [-0.25, -0.2) is 4.31 Å². The molecule has 0 saturated carbocycles. The molecule has 0 saturated heterocycles. The zero-order valence-corrected chi connectivity index (χ0v) is 19.8. The molecule has 0 bridgehead atoms. The summed E-state index contributed by atoms with van der Waals surface area (Å²) in [5, 5.41) is 7.47. The fourth-order valence-corrected chi connectivity index (χ4v) is 5.54. The molecular formula is C24H29N5O2S. The number of nitrogens with one attached hydrogen (secondary N) is 1. The summed E-state index contributed by atoms with van der Waals surface area (Å²) in [5.74, 6) is 0.868. The van der Waals surface area contributed by atoms with Crippen molar-refractivity contribution in [2.75, 3.05) is 6.54 Å². The van der Waals surface area contributed by atoms with E-state index in [9.17, 15) is 4.79 Å². The van der Waals surface area contributed by atoms with Crippen molar-refractivity contribution in [2.45, 2.75) is 57.3 Å². The lowest BCUT2D eigenvalue weighted by molar-refractivity contribution is 0.0942. The molecule has 0 atom stereocenters. The van der Waals surface area contributed by atoms with Crippen LogP contribution >= 0.6 is 11.9 Å². The Morgan fingerprint density at radius 1 is 1.28 bits per heavy atom. The molecule has 0 fully saturated rings. The van der Waals surface area contributed by atoms with Gasteiger partial charge in [0, 0.05) is 48.9 Å². The van der Waals surface area contributed by atoms with E-state index in [-0.39, 0.29) is 11.5 Å². The Hall–Kier alpha value is -2.71. The van der Waals surface area contributed by atoms with Crippen molar-refractivity contribution in [3.05, 3.63) is 64.7 Å². The third-order valence-corrected chi connectivity index (χ3v) is 7.49. The first-order valence-electron chi connectivity index (χ1n) is 11.0. The lowest BCUT2D eigenvalue weighted by Gasteiger charge is -2.26. The topological polar surface area (TPSA) is 64.3 Å². The summed E-state index contributed by atoms with van der Waals surface area (Å²) in [6.45, 7) is 9.40. The molecule has 32 heavy (non-hydrogen) atoms. The lowest BCUT2D eigenvalue weighted by atomic mass is 9.97. The summed E-state index contributed by atoms with van der Waals surface area (Å²) < 4.78 is 12.4. The molecular weight excluding hydrogens is 422 g/mol. The summed E-state index contributed by atoms with van der Waals surface area (Å²) in [6.07, 6.45) is 2.71. The molecule has 4 heterocycles. The number of fused-ring (bicyclic) bond motifs is 2. The molecule has 0 aliphatic carbocycles. The van der Waals surface area contributed by atoms with Crippen LogP contribution in [0.4, 0.5) is 0 Å². The normalized spacial score (nSPS) is 17.0. The molecule has 0 spiro atoms. The van der Waals surface area contributed by atoms with E-state index in [0.717, 1.165) is 48.0 Å². The number of hydrogen-bond donors (Lipinski definition) is 1. The van der Waals surface area contributed by atoms with E-state index >= 15 is 0 Å². The van der Waals surface area contributed by atoms with E-state index in [2.05, 4.69) is 52.3 Å². The van der Waals surface area contributed by atoms with E-state index in [1.807, 2.05) is 36.0 Å². The third kappa shape index (κ3) is 3.93. The first-order valence-corrected chi connectivity index (χ1v) is 11.8. The van der Waals surface area contributed by atoms with Crippen LogP contribution in [-0.4, -0.2) is 36.7 Å². The number of hydrogen-bond acceptors (Lipinski definition) is 5. The maximum Gasteiger partial charge on any atom is 0.268 e. The number of rotatable bonds is 5. The van der Waals surface area contributed by atoms with Gasteiger partial charge in [0.15, 0.2) is 0 Å². The molecule has 0 radical (unpaired) electrons. The zero-order valence-electron chi connectivity index (χ0n) is 19.0. The Bertz CT molecular complexity index is 1180. The van der Waals surface area contributed by atoms with Crippen LogP contribution in [0, 0.1) is 6.92 Å². The predicted molar refractivity (Wildman–Crippen MR) is 125 cm³/mol. The highest BCUT2D eigenvalue weighted by Crippen LogP contribution is 2.37. The smallest absolute Gasteiger partial charge is 0.268 e. The van der Waals surface area contributed by atoms with Gasteiger partial charge in [-0.3, -0.25) is 9.48 Å². The largest absolute Gasteiger partial charge is 0.487 e. The fourth-order valence-electron chi connectivity index (χ4n) is 4.46. The van der Waals surface area contributed by atoms with Crippen molar-refractivity contribution in [1.82, 2.24) is 24.0 Å². The number of amides is 1. The average molecular weight is 452 g/mol. The second-order valence-corrected chi connectivity index (χ2v) is 10.3. The highest BCUT2D eigenvalue weighted by Gasteiger charge is 2.31. The molecule has 2 aliphatic rings. The molecule has 1 amide bonds. The van der Waals surface area contributed by atoms with Gasteiger partial charge >= 0.3 is 0 Å². The standard InChI is InChI=1S/C24H29N5O2S/c1-16-22(32-28-10-11-29-18(15-28)8-9-26-29)12-20(27(16)4)23(30)25-14-17-6-5-7-21-19(17)13-24(2,3)31-21/h5-9,12H,10-11,13-15H2,1-4H3,(H,25,30).